The molecular formula is C10H10F3NO2. The van der Waals surface area contributed by atoms with Crippen molar-refractivity contribution in [3.8, 4) is 5.75 Å². The molecular weight excluding hydrogens is 223 g/mol. The predicted octanol–water partition coefficient (Wildman–Crippen LogP) is 2.62. The summed E-state index contributed by atoms with van der Waals surface area (Å²) in [4.78, 5) is 14.9. The number of alkyl halides is 3. The van der Waals surface area contributed by atoms with Crippen molar-refractivity contribution in [2.45, 2.75) is 19.5 Å². The van der Waals surface area contributed by atoms with E-state index in [1.165, 1.54) is 12.1 Å². The molecule has 1 heterocycles. The topological polar surface area (TPSA) is 39.2 Å². The number of carbonyl (C=O) groups excluding carboxylic acids is 1. The van der Waals surface area contributed by atoms with Crippen LogP contribution in [0, 0.1) is 0 Å². The number of rotatable bonds is 4. The number of carbonyl (C=O) groups is 1. The van der Waals surface area contributed by atoms with Crippen LogP contribution >= 0.6 is 0 Å². The molecule has 0 spiro atoms. The lowest BCUT2D eigenvalue weighted by Crippen LogP contribution is -2.19. The van der Waals surface area contributed by atoms with Crippen molar-refractivity contribution in [2.24, 2.45) is 0 Å². The van der Waals surface area contributed by atoms with Gasteiger partial charge in [-0.2, -0.15) is 13.2 Å². The van der Waals surface area contributed by atoms with Crippen molar-refractivity contribution in [1.29, 1.82) is 0 Å². The van der Waals surface area contributed by atoms with Gasteiger partial charge in [0.05, 0.1) is 6.20 Å². The highest BCUT2D eigenvalue weighted by atomic mass is 19.4. The molecule has 0 unspecified atom stereocenters. The van der Waals surface area contributed by atoms with Crippen molar-refractivity contribution in [3.05, 3.63) is 24.0 Å². The van der Waals surface area contributed by atoms with E-state index >= 15 is 0 Å². The molecule has 0 saturated heterocycles. The normalized spacial score (nSPS) is 11.2. The average molecular weight is 233 g/mol. The Labute approximate surface area is 90.2 Å². The smallest absolute Gasteiger partial charge is 0.422 e. The van der Waals surface area contributed by atoms with Gasteiger partial charge in [-0.05, 0) is 12.1 Å². The largest absolute Gasteiger partial charge is 0.483 e. The van der Waals surface area contributed by atoms with Crippen LogP contribution in [0.4, 0.5) is 13.2 Å². The second-order valence-corrected chi connectivity index (χ2v) is 3.06. The molecule has 0 radical (unpaired) electrons. The molecule has 0 fully saturated rings. The van der Waals surface area contributed by atoms with Gasteiger partial charge in [0.1, 0.15) is 11.4 Å². The number of ketones is 1. The first-order chi connectivity index (χ1) is 7.42. The van der Waals surface area contributed by atoms with Gasteiger partial charge < -0.3 is 4.74 Å². The molecule has 1 aromatic heterocycles. The predicted molar refractivity (Wildman–Crippen MR) is 50.4 cm³/mol. The third-order valence-electron chi connectivity index (χ3n) is 1.75. The highest BCUT2D eigenvalue weighted by Gasteiger charge is 2.28. The molecule has 0 aromatic carbocycles. The van der Waals surface area contributed by atoms with Gasteiger partial charge in [0.25, 0.3) is 0 Å². The fourth-order valence-electron chi connectivity index (χ4n) is 0.977. The molecule has 0 amide bonds. The molecule has 6 heteroatoms. The summed E-state index contributed by atoms with van der Waals surface area (Å²) in [5, 5.41) is 0. The Kier molecular flexibility index (Phi) is 3.87. The fourth-order valence-corrected chi connectivity index (χ4v) is 0.977. The zero-order chi connectivity index (χ0) is 12.2. The summed E-state index contributed by atoms with van der Waals surface area (Å²) < 4.78 is 39.9. The van der Waals surface area contributed by atoms with Gasteiger partial charge in [-0.15, -0.1) is 0 Å². The summed E-state index contributed by atoms with van der Waals surface area (Å²) in [7, 11) is 0. The molecule has 0 N–H and O–H groups in total. The second-order valence-electron chi connectivity index (χ2n) is 3.06. The molecule has 1 aromatic rings. The van der Waals surface area contributed by atoms with Gasteiger partial charge in [0, 0.05) is 6.42 Å². The molecule has 0 atom stereocenters. The average Bonchev–Trinajstić information content (AvgIpc) is 2.25. The molecule has 88 valence electrons. The SMILES string of the molecule is CCC(=O)c1ccc(OCC(F)(F)F)cn1. The van der Waals surface area contributed by atoms with Crippen LogP contribution in [-0.4, -0.2) is 23.6 Å². The Bertz CT molecular complexity index is 359. The number of hydrogen-bond donors (Lipinski definition) is 0. The highest BCUT2D eigenvalue weighted by molar-refractivity contribution is 5.93. The van der Waals surface area contributed by atoms with Crippen LogP contribution < -0.4 is 4.74 Å². The fraction of sp³-hybridized carbons (Fsp3) is 0.400. The van der Waals surface area contributed by atoms with Crippen LogP contribution in [0.2, 0.25) is 0 Å². The Morgan fingerprint density at radius 1 is 1.44 bits per heavy atom. The molecule has 0 saturated carbocycles. The lowest BCUT2D eigenvalue weighted by molar-refractivity contribution is -0.153. The number of halogens is 3. The van der Waals surface area contributed by atoms with E-state index in [0.717, 1.165) is 6.20 Å². The highest BCUT2D eigenvalue weighted by Crippen LogP contribution is 2.17. The molecule has 16 heavy (non-hydrogen) atoms. The van der Waals surface area contributed by atoms with Crippen molar-refractivity contribution in [2.75, 3.05) is 6.61 Å². The van der Waals surface area contributed by atoms with E-state index in [0.29, 0.717) is 6.42 Å². The summed E-state index contributed by atoms with van der Waals surface area (Å²) in [5.74, 6) is -0.174. The summed E-state index contributed by atoms with van der Waals surface area (Å²) in [6.07, 6.45) is -2.97. The van der Waals surface area contributed by atoms with E-state index in [4.69, 9.17) is 0 Å². The van der Waals surface area contributed by atoms with E-state index in [9.17, 15) is 18.0 Å². The van der Waals surface area contributed by atoms with E-state index < -0.39 is 12.8 Å². The van der Waals surface area contributed by atoms with Crippen molar-refractivity contribution in [3.63, 3.8) is 0 Å². The van der Waals surface area contributed by atoms with Gasteiger partial charge in [-0.25, -0.2) is 4.98 Å². The van der Waals surface area contributed by atoms with Gasteiger partial charge >= 0.3 is 6.18 Å². The molecule has 3 nitrogen and oxygen atoms in total. The maximum Gasteiger partial charge on any atom is 0.422 e. The minimum atomic E-state index is -4.38. The van der Waals surface area contributed by atoms with E-state index in [1.54, 1.807) is 6.92 Å². The number of pyridine rings is 1. The number of aromatic nitrogens is 1. The van der Waals surface area contributed by atoms with Crippen LogP contribution in [0.25, 0.3) is 0 Å². The Balaban J connectivity index is 2.62. The zero-order valence-corrected chi connectivity index (χ0v) is 8.54. The lowest BCUT2D eigenvalue weighted by atomic mass is 10.2. The lowest BCUT2D eigenvalue weighted by Gasteiger charge is -2.08. The van der Waals surface area contributed by atoms with Crippen LogP contribution in [0.15, 0.2) is 18.3 Å². The molecule has 0 bridgehead atoms. The van der Waals surface area contributed by atoms with Crippen LogP contribution in [0.3, 0.4) is 0 Å². The first kappa shape index (κ1) is 12.5. The summed E-state index contributed by atoms with van der Waals surface area (Å²) in [5.41, 5.74) is 0.224. The minimum absolute atomic E-state index is 0.00928. The standard InChI is InChI=1S/C10H10F3NO2/c1-2-9(15)8-4-3-7(5-14-8)16-6-10(11,12)13/h3-5H,2,6H2,1H3. The van der Waals surface area contributed by atoms with Crippen LogP contribution in [0.5, 0.6) is 5.75 Å². The summed E-state index contributed by atoms with van der Waals surface area (Å²) in [6.45, 7) is 0.313. The number of Topliss-reactive ketones (excluding diaryl/α,β-unsaturated/α-hetero) is 1. The summed E-state index contributed by atoms with van der Waals surface area (Å²) in [6, 6.07) is 2.64. The van der Waals surface area contributed by atoms with Gasteiger partial charge in [0.15, 0.2) is 12.4 Å². The molecule has 0 aliphatic carbocycles. The Morgan fingerprint density at radius 2 is 2.12 bits per heavy atom. The molecule has 1 rings (SSSR count). The number of ether oxygens (including phenoxy) is 1. The van der Waals surface area contributed by atoms with E-state index in [2.05, 4.69) is 9.72 Å². The molecule has 0 aliphatic heterocycles. The maximum absolute atomic E-state index is 11.8. The zero-order valence-electron chi connectivity index (χ0n) is 8.54. The van der Waals surface area contributed by atoms with E-state index in [-0.39, 0.29) is 17.2 Å². The Hall–Kier alpha value is -1.59. The monoisotopic (exact) mass is 233 g/mol. The van der Waals surface area contributed by atoms with E-state index in [1.807, 2.05) is 0 Å². The minimum Gasteiger partial charge on any atom is -0.483 e. The quantitative estimate of drug-likeness (QED) is 0.750. The van der Waals surface area contributed by atoms with Crippen LogP contribution in [-0.2, 0) is 0 Å². The van der Waals surface area contributed by atoms with Gasteiger partial charge in [-0.3, -0.25) is 4.79 Å². The third-order valence-corrected chi connectivity index (χ3v) is 1.75. The Morgan fingerprint density at radius 3 is 2.56 bits per heavy atom. The maximum atomic E-state index is 11.8. The first-order valence-electron chi connectivity index (χ1n) is 4.61. The van der Waals surface area contributed by atoms with Crippen molar-refractivity contribution < 1.29 is 22.7 Å². The number of nitrogens with zero attached hydrogens (tertiary/aromatic N) is 1. The second kappa shape index (κ2) is 4.96. The summed E-state index contributed by atoms with van der Waals surface area (Å²) >= 11 is 0. The first-order valence-corrected chi connectivity index (χ1v) is 4.61. The van der Waals surface area contributed by atoms with Crippen LogP contribution in [0.1, 0.15) is 23.8 Å². The number of hydrogen-bond acceptors (Lipinski definition) is 3. The van der Waals surface area contributed by atoms with Gasteiger partial charge in [0.2, 0.25) is 0 Å². The third kappa shape index (κ3) is 3.88. The van der Waals surface area contributed by atoms with Crippen molar-refractivity contribution in [1.82, 2.24) is 4.98 Å². The van der Waals surface area contributed by atoms with Gasteiger partial charge in [-0.1, -0.05) is 6.92 Å². The molecule has 0 aliphatic rings. The van der Waals surface area contributed by atoms with Crippen molar-refractivity contribution >= 4 is 5.78 Å².